The summed E-state index contributed by atoms with van der Waals surface area (Å²) < 4.78 is 6.33. The minimum absolute atomic E-state index is 0.725. The van der Waals surface area contributed by atoms with Crippen LogP contribution in [-0.2, 0) is 4.74 Å². The van der Waals surface area contributed by atoms with Gasteiger partial charge in [0.25, 0.3) is 0 Å². The summed E-state index contributed by atoms with van der Waals surface area (Å²) in [5.41, 5.74) is 1.19. The van der Waals surface area contributed by atoms with Gasteiger partial charge in [0.1, 0.15) is 0 Å². The molecule has 0 aliphatic carbocycles. The Hall–Kier alpha value is -0.580. The molecule has 0 radical (unpaired) electrons. The van der Waals surface area contributed by atoms with E-state index in [9.17, 15) is 0 Å². The molecule has 0 bridgehead atoms. The van der Waals surface area contributed by atoms with Crippen LogP contribution in [0.25, 0.3) is 0 Å². The third-order valence-corrected chi connectivity index (χ3v) is 3.90. The zero-order valence-corrected chi connectivity index (χ0v) is 12.4. The zero-order chi connectivity index (χ0) is 12.8. The van der Waals surface area contributed by atoms with E-state index in [4.69, 9.17) is 4.74 Å². The van der Waals surface area contributed by atoms with Crippen molar-refractivity contribution >= 4 is 21.6 Å². The van der Waals surface area contributed by atoms with Crippen molar-refractivity contribution in [3.05, 3.63) is 28.7 Å². The summed E-state index contributed by atoms with van der Waals surface area (Å²) in [5, 5.41) is 3.45. The first-order chi connectivity index (χ1) is 8.78. The molecule has 1 aromatic rings. The molecule has 1 unspecified atom stereocenters. The quantitative estimate of drug-likeness (QED) is 0.874. The molecule has 3 nitrogen and oxygen atoms in total. The maximum atomic E-state index is 5.21. The van der Waals surface area contributed by atoms with Crippen molar-refractivity contribution < 1.29 is 4.74 Å². The third kappa shape index (κ3) is 4.26. The number of anilines is 1. The van der Waals surface area contributed by atoms with Crippen LogP contribution in [0.2, 0.25) is 0 Å². The van der Waals surface area contributed by atoms with Crippen LogP contribution in [0.1, 0.15) is 6.42 Å². The van der Waals surface area contributed by atoms with Crippen molar-refractivity contribution in [1.82, 2.24) is 4.90 Å². The van der Waals surface area contributed by atoms with Crippen LogP contribution >= 0.6 is 15.9 Å². The Labute approximate surface area is 118 Å². The highest BCUT2D eigenvalue weighted by Gasteiger charge is 2.21. The second-order valence-corrected chi connectivity index (χ2v) is 5.76. The first-order valence-electron chi connectivity index (χ1n) is 6.48. The van der Waals surface area contributed by atoms with Crippen molar-refractivity contribution in [2.75, 3.05) is 45.2 Å². The Morgan fingerprint density at radius 3 is 2.89 bits per heavy atom. The second kappa shape index (κ2) is 7.12. The fourth-order valence-electron chi connectivity index (χ4n) is 2.41. The van der Waals surface area contributed by atoms with E-state index in [1.165, 1.54) is 25.2 Å². The standard InChI is InChI=1S/C14H21BrN2O/c1-18-11-12-6-8-17(10-12)9-7-16-14-4-2-13(15)3-5-14/h2-5,12,16H,6-11H2,1H3. The number of nitrogens with one attached hydrogen (secondary N) is 1. The number of hydrogen-bond donors (Lipinski definition) is 1. The van der Waals surface area contributed by atoms with E-state index in [2.05, 4.69) is 50.4 Å². The van der Waals surface area contributed by atoms with Gasteiger partial charge in [-0.1, -0.05) is 15.9 Å². The summed E-state index contributed by atoms with van der Waals surface area (Å²) in [4.78, 5) is 2.51. The van der Waals surface area contributed by atoms with E-state index in [0.29, 0.717) is 0 Å². The molecular weight excluding hydrogens is 292 g/mol. The van der Waals surface area contributed by atoms with Gasteiger partial charge in [-0.2, -0.15) is 0 Å². The molecule has 1 fully saturated rings. The van der Waals surface area contributed by atoms with Crippen LogP contribution in [0.15, 0.2) is 28.7 Å². The van der Waals surface area contributed by atoms with Crippen LogP contribution in [0.5, 0.6) is 0 Å². The molecule has 0 saturated carbocycles. The maximum Gasteiger partial charge on any atom is 0.0503 e. The smallest absolute Gasteiger partial charge is 0.0503 e. The highest BCUT2D eigenvalue weighted by molar-refractivity contribution is 9.10. The van der Waals surface area contributed by atoms with E-state index in [0.717, 1.165) is 30.1 Å². The van der Waals surface area contributed by atoms with Gasteiger partial charge in [-0.3, -0.25) is 0 Å². The Morgan fingerprint density at radius 1 is 1.39 bits per heavy atom. The lowest BCUT2D eigenvalue weighted by Crippen LogP contribution is -2.27. The molecule has 1 atom stereocenters. The van der Waals surface area contributed by atoms with Gasteiger partial charge < -0.3 is 15.0 Å². The molecule has 0 spiro atoms. The van der Waals surface area contributed by atoms with Gasteiger partial charge in [-0.05, 0) is 43.1 Å². The summed E-state index contributed by atoms with van der Waals surface area (Å²) in [6.07, 6.45) is 1.27. The Morgan fingerprint density at radius 2 is 2.17 bits per heavy atom. The Bertz CT molecular complexity index is 355. The average molecular weight is 313 g/mol. The van der Waals surface area contributed by atoms with Gasteiger partial charge in [0, 0.05) is 36.9 Å². The fourth-order valence-corrected chi connectivity index (χ4v) is 2.68. The summed E-state index contributed by atoms with van der Waals surface area (Å²) in [5.74, 6) is 0.725. The monoisotopic (exact) mass is 312 g/mol. The summed E-state index contributed by atoms with van der Waals surface area (Å²) in [6, 6.07) is 8.32. The van der Waals surface area contributed by atoms with Crippen LogP contribution < -0.4 is 5.32 Å². The van der Waals surface area contributed by atoms with Gasteiger partial charge in [0.2, 0.25) is 0 Å². The SMILES string of the molecule is COCC1CCN(CCNc2ccc(Br)cc2)C1. The van der Waals surface area contributed by atoms with Gasteiger partial charge in [-0.15, -0.1) is 0 Å². The number of hydrogen-bond acceptors (Lipinski definition) is 3. The fraction of sp³-hybridized carbons (Fsp3) is 0.571. The van der Waals surface area contributed by atoms with Gasteiger partial charge in [0.05, 0.1) is 6.61 Å². The van der Waals surface area contributed by atoms with Crippen LogP contribution in [0.3, 0.4) is 0 Å². The zero-order valence-electron chi connectivity index (χ0n) is 10.9. The molecule has 1 saturated heterocycles. The van der Waals surface area contributed by atoms with Crippen LogP contribution in [0.4, 0.5) is 5.69 Å². The van der Waals surface area contributed by atoms with Crippen LogP contribution in [-0.4, -0.2) is 44.8 Å². The van der Waals surface area contributed by atoms with Crippen molar-refractivity contribution in [1.29, 1.82) is 0 Å². The molecule has 4 heteroatoms. The highest BCUT2D eigenvalue weighted by Crippen LogP contribution is 2.16. The van der Waals surface area contributed by atoms with E-state index in [1.54, 1.807) is 7.11 Å². The molecule has 1 aliphatic rings. The van der Waals surface area contributed by atoms with Gasteiger partial charge in [0.15, 0.2) is 0 Å². The summed E-state index contributed by atoms with van der Waals surface area (Å²) >= 11 is 3.44. The molecule has 2 rings (SSSR count). The van der Waals surface area contributed by atoms with Crippen molar-refractivity contribution in [2.24, 2.45) is 5.92 Å². The maximum absolute atomic E-state index is 5.21. The Kier molecular flexibility index (Phi) is 5.47. The summed E-state index contributed by atoms with van der Waals surface area (Å²) in [6.45, 7) is 5.39. The predicted molar refractivity (Wildman–Crippen MR) is 79.1 cm³/mol. The highest BCUT2D eigenvalue weighted by atomic mass is 79.9. The largest absolute Gasteiger partial charge is 0.384 e. The first kappa shape index (κ1) is 13.8. The number of halogens is 1. The van der Waals surface area contributed by atoms with E-state index in [-0.39, 0.29) is 0 Å². The molecule has 1 aromatic carbocycles. The molecule has 1 aliphatic heterocycles. The molecular formula is C14H21BrN2O. The third-order valence-electron chi connectivity index (χ3n) is 3.37. The minimum Gasteiger partial charge on any atom is -0.384 e. The number of benzene rings is 1. The number of methoxy groups -OCH3 is 1. The molecule has 0 aromatic heterocycles. The van der Waals surface area contributed by atoms with Gasteiger partial charge in [-0.25, -0.2) is 0 Å². The second-order valence-electron chi connectivity index (χ2n) is 4.84. The lowest BCUT2D eigenvalue weighted by molar-refractivity contribution is 0.153. The number of nitrogens with zero attached hydrogens (tertiary/aromatic N) is 1. The van der Waals surface area contributed by atoms with E-state index >= 15 is 0 Å². The van der Waals surface area contributed by atoms with Gasteiger partial charge >= 0.3 is 0 Å². The molecule has 100 valence electrons. The molecule has 18 heavy (non-hydrogen) atoms. The molecule has 0 amide bonds. The minimum atomic E-state index is 0.725. The number of likely N-dealkylation sites (tertiary alicyclic amines) is 1. The molecule has 1 N–H and O–H groups in total. The lowest BCUT2D eigenvalue weighted by Gasteiger charge is -2.16. The Balaban J connectivity index is 1.65. The van der Waals surface area contributed by atoms with E-state index in [1.807, 2.05) is 0 Å². The van der Waals surface area contributed by atoms with Crippen molar-refractivity contribution in [3.8, 4) is 0 Å². The first-order valence-corrected chi connectivity index (χ1v) is 7.28. The number of rotatable bonds is 6. The predicted octanol–water partition coefficient (Wildman–Crippen LogP) is 2.83. The normalized spacial score (nSPS) is 20.2. The summed E-state index contributed by atoms with van der Waals surface area (Å²) in [7, 11) is 1.79. The van der Waals surface area contributed by atoms with Crippen LogP contribution in [0, 0.1) is 5.92 Å². The average Bonchev–Trinajstić information content (AvgIpc) is 2.80. The molecule has 1 heterocycles. The van der Waals surface area contributed by atoms with E-state index < -0.39 is 0 Å². The topological polar surface area (TPSA) is 24.5 Å². The lowest BCUT2D eigenvalue weighted by atomic mass is 10.1. The number of ether oxygens (including phenoxy) is 1. The van der Waals surface area contributed by atoms with Crippen molar-refractivity contribution in [3.63, 3.8) is 0 Å². The van der Waals surface area contributed by atoms with Crippen molar-refractivity contribution in [2.45, 2.75) is 6.42 Å².